The zero-order valence-electron chi connectivity index (χ0n) is 9.66. The number of amides is 2. The Morgan fingerprint density at radius 2 is 2.06 bits per heavy atom. The highest BCUT2D eigenvalue weighted by Crippen LogP contribution is 2.21. The van der Waals surface area contributed by atoms with E-state index >= 15 is 0 Å². The summed E-state index contributed by atoms with van der Waals surface area (Å²) in [6.45, 7) is 2.90. The lowest BCUT2D eigenvalue weighted by Crippen LogP contribution is -2.46. The summed E-state index contributed by atoms with van der Waals surface area (Å²) >= 11 is 0. The summed E-state index contributed by atoms with van der Waals surface area (Å²) in [7, 11) is 1.97. The van der Waals surface area contributed by atoms with Gasteiger partial charge < -0.3 is 5.32 Å². The fraction of sp³-hybridized carbons (Fsp3) is 0.818. The molecule has 0 aromatic rings. The van der Waals surface area contributed by atoms with Crippen LogP contribution in [0.5, 0.6) is 0 Å². The fourth-order valence-corrected chi connectivity index (χ4v) is 2.59. The summed E-state index contributed by atoms with van der Waals surface area (Å²) in [6.07, 6.45) is 2.56. The van der Waals surface area contributed by atoms with Gasteiger partial charge in [-0.25, -0.2) is 0 Å². The Bertz CT molecular complexity index is 285. The van der Waals surface area contributed by atoms with Gasteiger partial charge in [0.1, 0.15) is 0 Å². The van der Waals surface area contributed by atoms with Crippen molar-refractivity contribution in [2.24, 2.45) is 5.92 Å². The van der Waals surface area contributed by atoms with Gasteiger partial charge in [-0.3, -0.25) is 19.8 Å². The van der Waals surface area contributed by atoms with Crippen molar-refractivity contribution in [3.05, 3.63) is 0 Å². The molecule has 2 N–H and O–H groups in total. The summed E-state index contributed by atoms with van der Waals surface area (Å²) in [5.74, 6) is 0.464. The predicted octanol–water partition coefficient (Wildman–Crippen LogP) is -0.667. The van der Waals surface area contributed by atoms with Gasteiger partial charge in [0, 0.05) is 0 Å². The third kappa shape index (κ3) is 2.41. The van der Waals surface area contributed by atoms with Crippen LogP contribution in [0, 0.1) is 5.92 Å². The highest BCUT2D eigenvalue weighted by atomic mass is 16.2. The number of hydrogen-bond donors (Lipinski definition) is 2. The molecule has 2 saturated heterocycles. The van der Waals surface area contributed by atoms with E-state index in [0.717, 1.165) is 32.5 Å². The Morgan fingerprint density at radius 3 is 2.56 bits per heavy atom. The number of piperidine rings is 1. The van der Waals surface area contributed by atoms with Gasteiger partial charge >= 0.3 is 0 Å². The molecule has 0 aromatic carbocycles. The van der Waals surface area contributed by atoms with Crippen LogP contribution in [-0.2, 0) is 9.59 Å². The van der Waals surface area contributed by atoms with Crippen molar-refractivity contribution in [2.45, 2.75) is 25.3 Å². The second-order valence-corrected chi connectivity index (χ2v) is 4.67. The predicted molar refractivity (Wildman–Crippen MR) is 59.8 cm³/mol. The van der Waals surface area contributed by atoms with Crippen molar-refractivity contribution in [2.75, 3.05) is 26.7 Å². The van der Waals surface area contributed by atoms with Crippen LogP contribution < -0.4 is 10.6 Å². The van der Waals surface area contributed by atoms with Crippen LogP contribution in [0.3, 0.4) is 0 Å². The minimum absolute atomic E-state index is 0.114. The number of nitrogens with zero attached hydrogens (tertiary/aromatic N) is 1. The zero-order valence-corrected chi connectivity index (χ0v) is 9.66. The second-order valence-electron chi connectivity index (χ2n) is 4.67. The smallest absolute Gasteiger partial charge is 0.244 e. The first kappa shape index (κ1) is 11.5. The van der Waals surface area contributed by atoms with E-state index < -0.39 is 0 Å². The number of nitrogens with one attached hydrogen (secondary N) is 2. The molecule has 5 heteroatoms. The Labute approximate surface area is 95.6 Å². The summed E-state index contributed by atoms with van der Waals surface area (Å²) in [5, 5.41) is 5.55. The molecule has 2 rings (SSSR count). The SMILES string of the molecule is CNCC1CCN(C2CC(=O)NC2=O)CC1. The van der Waals surface area contributed by atoms with E-state index in [-0.39, 0.29) is 17.9 Å². The molecule has 1 atom stereocenters. The maximum absolute atomic E-state index is 11.5. The molecule has 2 aliphatic rings. The van der Waals surface area contributed by atoms with Crippen molar-refractivity contribution in [1.29, 1.82) is 0 Å². The molecule has 0 radical (unpaired) electrons. The van der Waals surface area contributed by atoms with Gasteiger partial charge in [-0.05, 0) is 45.4 Å². The van der Waals surface area contributed by atoms with Crippen LogP contribution in [0.2, 0.25) is 0 Å². The first-order valence-electron chi connectivity index (χ1n) is 5.93. The van der Waals surface area contributed by atoms with E-state index in [0.29, 0.717) is 12.3 Å². The Kier molecular flexibility index (Phi) is 3.56. The van der Waals surface area contributed by atoms with Gasteiger partial charge in [-0.15, -0.1) is 0 Å². The lowest BCUT2D eigenvalue weighted by Gasteiger charge is -2.34. The van der Waals surface area contributed by atoms with E-state index in [1.54, 1.807) is 0 Å². The van der Waals surface area contributed by atoms with E-state index in [9.17, 15) is 9.59 Å². The molecule has 0 aliphatic carbocycles. The topological polar surface area (TPSA) is 61.4 Å². The Hall–Kier alpha value is -0.940. The van der Waals surface area contributed by atoms with Crippen LogP contribution >= 0.6 is 0 Å². The summed E-state index contributed by atoms with van der Waals surface area (Å²) in [6, 6.07) is -0.206. The first-order valence-corrected chi connectivity index (χ1v) is 5.93. The van der Waals surface area contributed by atoms with Gasteiger partial charge in [0.05, 0.1) is 12.5 Å². The molecule has 2 amide bonds. The number of carbonyl (C=O) groups excluding carboxylic acids is 2. The third-order valence-corrected chi connectivity index (χ3v) is 3.53. The monoisotopic (exact) mass is 225 g/mol. The minimum atomic E-state index is -0.206. The van der Waals surface area contributed by atoms with E-state index in [1.165, 1.54) is 0 Å². The molecule has 90 valence electrons. The van der Waals surface area contributed by atoms with Gasteiger partial charge in [-0.2, -0.15) is 0 Å². The van der Waals surface area contributed by atoms with Crippen LogP contribution in [-0.4, -0.2) is 49.4 Å². The molecular weight excluding hydrogens is 206 g/mol. The summed E-state index contributed by atoms with van der Waals surface area (Å²) in [4.78, 5) is 24.8. The highest BCUT2D eigenvalue weighted by molar-refractivity contribution is 6.05. The first-order chi connectivity index (χ1) is 7.70. The molecule has 1 unspecified atom stereocenters. The number of likely N-dealkylation sites (tertiary alicyclic amines) is 1. The molecule has 2 fully saturated rings. The molecule has 0 aromatic heterocycles. The largest absolute Gasteiger partial charge is 0.319 e. The maximum atomic E-state index is 11.5. The summed E-state index contributed by atoms with van der Waals surface area (Å²) < 4.78 is 0. The van der Waals surface area contributed by atoms with Crippen molar-refractivity contribution < 1.29 is 9.59 Å². The van der Waals surface area contributed by atoms with Crippen molar-refractivity contribution >= 4 is 11.8 Å². The van der Waals surface area contributed by atoms with Crippen LogP contribution in [0.1, 0.15) is 19.3 Å². The maximum Gasteiger partial charge on any atom is 0.244 e. The Balaban J connectivity index is 1.85. The van der Waals surface area contributed by atoms with Crippen LogP contribution in [0.4, 0.5) is 0 Å². The summed E-state index contributed by atoms with van der Waals surface area (Å²) in [5.41, 5.74) is 0. The molecular formula is C11H19N3O2. The quantitative estimate of drug-likeness (QED) is 0.626. The molecule has 0 saturated carbocycles. The molecule has 0 bridgehead atoms. The molecule has 2 aliphatic heterocycles. The number of carbonyl (C=O) groups is 2. The van der Waals surface area contributed by atoms with Crippen LogP contribution in [0.25, 0.3) is 0 Å². The van der Waals surface area contributed by atoms with Crippen LogP contribution in [0.15, 0.2) is 0 Å². The highest BCUT2D eigenvalue weighted by Gasteiger charge is 2.36. The van der Waals surface area contributed by atoms with Crippen molar-refractivity contribution in [3.8, 4) is 0 Å². The van der Waals surface area contributed by atoms with Gasteiger partial charge in [0.25, 0.3) is 0 Å². The standard InChI is InChI=1S/C11H19N3O2/c1-12-7-8-2-4-14(5-3-8)9-6-10(15)13-11(9)16/h8-9,12H,2-7H2,1H3,(H,13,15,16). The van der Waals surface area contributed by atoms with E-state index in [1.807, 2.05) is 7.05 Å². The van der Waals surface area contributed by atoms with Crippen molar-refractivity contribution in [3.63, 3.8) is 0 Å². The second kappa shape index (κ2) is 4.93. The lowest BCUT2D eigenvalue weighted by molar-refractivity contribution is -0.126. The molecule has 2 heterocycles. The van der Waals surface area contributed by atoms with E-state index in [4.69, 9.17) is 0 Å². The third-order valence-electron chi connectivity index (χ3n) is 3.53. The van der Waals surface area contributed by atoms with Gasteiger partial charge in [0.2, 0.25) is 11.8 Å². The van der Waals surface area contributed by atoms with Gasteiger partial charge in [0.15, 0.2) is 0 Å². The van der Waals surface area contributed by atoms with Gasteiger partial charge in [-0.1, -0.05) is 0 Å². The average molecular weight is 225 g/mol. The average Bonchev–Trinajstić information content (AvgIpc) is 2.59. The molecule has 16 heavy (non-hydrogen) atoms. The zero-order chi connectivity index (χ0) is 11.5. The number of rotatable bonds is 3. The minimum Gasteiger partial charge on any atom is -0.319 e. The normalized spacial score (nSPS) is 28.4. The van der Waals surface area contributed by atoms with Crippen molar-refractivity contribution in [1.82, 2.24) is 15.5 Å². The molecule has 0 spiro atoms. The number of hydrogen-bond acceptors (Lipinski definition) is 4. The van der Waals surface area contributed by atoms with E-state index in [2.05, 4.69) is 15.5 Å². The lowest BCUT2D eigenvalue weighted by atomic mass is 9.95. The number of imide groups is 1. The fourth-order valence-electron chi connectivity index (χ4n) is 2.59. The molecule has 5 nitrogen and oxygen atoms in total. The Morgan fingerprint density at radius 1 is 1.38 bits per heavy atom.